The highest BCUT2D eigenvalue weighted by atomic mass is 16.7. The van der Waals surface area contributed by atoms with E-state index in [1.807, 2.05) is 18.2 Å². The van der Waals surface area contributed by atoms with Gasteiger partial charge in [-0.25, -0.2) is 0 Å². The van der Waals surface area contributed by atoms with Crippen molar-refractivity contribution in [2.75, 3.05) is 13.3 Å². The Bertz CT molecular complexity index is 517. The van der Waals surface area contributed by atoms with Gasteiger partial charge in [0.25, 0.3) is 0 Å². The van der Waals surface area contributed by atoms with Gasteiger partial charge in [0.15, 0.2) is 11.5 Å². The molecule has 0 aliphatic carbocycles. The van der Waals surface area contributed by atoms with Gasteiger partial charge in [-0.05, 0) is 24.1 Å². The van der Waals surface area contributed by atoms with E-state index >= 15 is 0 Å². The van der Waals surface area contributed by atoms with Crippen molar-refractivity contribution in [3.05, 3.63) is 23.8 Å². The van der Waals surface area contributed by atoms with Crippen molar-refractivity contribution in [1.82, 2.24) is 5.32 Å². The monoisotopic (exact) mass is 277 g/mol. The third-order valence-corrected chi connectivity index (χ3v) is 4.18. The van der Waals surface area contributed by atoms with Crippen LogP contribution in [0.25, 0.3) is 0 Å². The maximum absolute atomic E-state index is 11.6. The topological polar surface area (TPSA) is 67.8 Å². The lowest BCUT2D eigenvalue weighted by atomic mass is 9.84. The highest BCUT2D eigenvalue weighted by molar-refractivity contribution is 5.73. The normalized spacial score (nSPS) is 27.8. The smallest absolute Gasteiger partial charge is 0.308 e. The second-order valence-electron chi connectivity index (χ2n) is 5.39. The molecule has 3 atom stereocenters. The fourth-order valence-corrected chi connectivity index (χ4v) is 3.22. The maximum atomic E-state index is 11.6. The van der Waals surface area contributed by atoms with Crippen molar-refractivity contribution in [3.63, 3.8) is 0 Å². The van der Waals surface area contributed by atoms with E-state index in [-0.39, 0.29) is 24.7 Å². The van der Waals surface area contributed by atoms with Gasteiger partial charge >= 0.3 is 5.97 Å². The largest absolute Gasteiger partial charge is 0.481 e. The quantitative estimate of drug-likeness (QED) is 0.880. The van der Waals surface area contributed by atoms with Gasteiger partial charge in [0.1, 0.15) is 0 Å². The van der Waals surface area contributed by atoms with Gasteiger partial charge in [-0.3, -0.25) is 4.79 Å². The van der Waals surface area contributed by atoms with Gasteiger partial charge in [0.2, 0.25) is 6.79 Å². The average Bonchev–Trinajstić information content (AvgIpc) is 3.03. The molecule has 0 radical (unpaired) electrons. The van der Waals surface area contributed by atoms with Crippen LogP contribution >= 0.6 is 0 Å². The number of rotatable bonds is 4. The molecule has 1 aromatic rings. The molecule has 3 rings (SSSR count). The van der Waals surface area contributed by atoms with Crippen LogP contribution in [-0.4, -0.2) is 30.5 Å². The summed E-state index contributed by atoms with van der Waals surface area (Å²) in [6.07, 6.45) is 1.87. The molecule has 20 heavy (non-hydrogen) atoms. The SMILES string of the molecule is CCCC1NCC(c2ccc3c(c2)OCO3)C1C(=O)O. The van der Waals surface area contributed by atoms with Crippen LogP contribution in [-0.2, 0) is 4.79 Å². The van der Waals surface area contributed by atoms with Crippen molar-refractivity contribution < 1.29 is 19.4 Å². The highest BCUT2D eigenvalue weighted by Gasteiger charge is 2.41. The Balaban J connectivity index is 1.87. The first-order chi connectivity index (χ1) is 9.70. The molecule has 0 saturated carbocycles. The number of aliphatic carboxylic acids is 1. The van der Waals surface area contributed by atoms with Crippen LogP contribution in [0.15, 0.2) is 18.2 Å². The fraction of sp³-hybridized carbons (Fsp3) is 0.533. The van der Waals surface area contributed by atoms with E-state index < -0.39 is 5.97 Å². The maximum Gasteiger partial charge on any atom is 0.308 e. The Morgan fingerprint density at radius 2 is 2.20 bits per heavy atom. The van der Waals surface area contributed by atoms with Crippen molar-refractivity contribution >= 4 is 5.97 Å². The Morgan fingerprint density at radius 3 is 2.95 bits per heavy atom. The zero-order chi connectivity index (χ0) is 14.1. The molecule has 0 amide bonds. The van der Waals surface area contributed by atoms with E-state index in [1.165, 1.54) is 0 Å². The van der Waals surface area contributed by atoms with E-state index in [0.29, 0.717) is 12.3 Å². The lowest BCUT2D eigenvalue weighted by Gasteiger charge is -2.20. The second-order valence-corrected chi connectivity index (χ2v) is 5.39. The molecule has 0 bridgehead atoms. The molecule has 5 heteroatoms. The summed E-state index contributed by atoms with van der Waals surface area (Å²) >= 11 is 0. The molecule has 2 aliphatic rings. The van der Waals surface area contributed by atoms with Gasteiger partial charge in [-0.15, -0.1) is 0 Å². The van der Waals surface area contributed by atoms with E-state index in [4.69, 9.17) is 9.47 Å². The third-order valence-electron chi connectivity index (χ3n) is 4.18. The number of carbonyl (C=O) groups is 1. The lowest BCUT2D eigenvalue weighted by molar-refractivity contribution is -0.142. The van der Waals surface area contributed by atoms with Crippen LogP contribution in [0.4, 0.5) is 0 Å². The molecule has 2 aliphatic heterocycles. The molecule has 5 nitrogen and oxygen atoms in total. The summed E-state index contributed by atoms with van der Waals surface area (Å²) in [6, 6.07) is 5.78. The summed E-state index contributed by atoms with van der Waals surface area (Å²) in [5.41, 5.74) is 1.01. The summed E-state index contributed by atoms with van der Waals surface area (Å²) in [5, 5.41) is 12.9. The fourth-order valence-electron chi connectivity index (χ4n) is 3.22. The average molecular weight is 277 g/mol. The summed E-state index contributed by atoms with van der Waals surface area (Å²) in [5.74, 6) is 0.326. The van der Waals surface area contributed by atoms with Crippen LogP contribution in [0.5, 0.6) is 11.5 Å². The molecular weight excluding hydrogens is 258 g/mol. The first-order valence-corrected chi connectivity index (χ1v) is 7.06. The van der Waals surface area contributed by atoms with E-state index in [2.05, 4.69) is 12.2 Å². The van der Waals surface area contributed by atoms with Crippen LogP contribution in [0.1, 0.15) is 31.2 Å². The highest BCUT2D eigenvalue weighted by Crippen LogP contribution is 2.39. The summed E-state index contributed by atoms with van der Waals surface area (Å²) in [6.45, 7) is 3.01. The first-order valence-electron chi connectivity index (χ1n) is 7.06. The predicted molar refractivity (Wildman–Crippen MR) is 73.1 cm³/mol. The van der Waals surface area contributed by atoms with Gasteiger partial charge < -0.3 is 19.9 Å². The summed E-state index contributed by atoms with van der Waals surface area (Å²) < 4.78 is 10.7. The predicted octanol–water partition coefficient (Wildman–Crippen LogP) is 1.97. The Hall–Kier alpha value is -1.75. The second kappa shape index (κ2) is 5.32. The third kappa shape index (κ3) is 2.22. The molecule has 1 saturated heterocycles. The number of nitrogens with one attached hydrogen (secondary N) is 1. The van der Waals surface area contributed by atoms with Crippen LogP contribution in [0.3, 0.4) is 0 Å². The molecular formula is C15H19NO4. The van der Waals surface area contributed by atoms with Crippen molar-refractivity contribution in [2.24, 2.45) is 5.92 Å². The van der Waals surface area contributed by atoms with E-state index in [1.54, 1.807) is 0 Å². The molecule has 2 N–H and O–H groups in total. The zero-order valence-electron chi connectivity index (χ0n) is 11.5. The minimum atomic E-state index is -0.726. The molecule has 1 aromatic carbocycles. The van der Waals surface area contributed by atoms with Gasteiger partial charge in [0, 0.05) is 18.5 Å². The molecule has 2 heterocycles. The molecule has 108 valence electrons. The van der Waals surface area contributed by atoms with E-state index in [0.717, 1.165) is 24.2 Å². The number of carboxylic acids is 1. The van der Waals surface area contributed by atoms with Crippen molar-refractivity contribution in [3.8, 4) is 11.5 Å². The number of benzene rings is 1. The number of ether oxygens (including phenoxy) is 2. The number of carboxylic acid groups (broad SMARTS) is 1. The van der Waals surface area contributed by atoms with Gasteiger partial charge in [-0.1, -0.05) is 19.4 Å². The summed E-state index contributed by atoms with van der Waals surface area (Å²) in [7, 11) is 0. The van der Waals surface area contributed by atoms with Gasteiger partial charge in [-0.2, -0.15) is 0 Å². The minimum absolute atomic E-state index is 0.0152. The van der Waals surface area contributed by atoms with Crippen LogP contribution < -0.4 is 14.8 Å². The lowest BCUT2D eigenvalue weighted by Crippen LogP contribution is -2.32. The van der Waals surface area contributed by atoms with Crippen molar-refractivity contribution in [2.45, 2.75) is 31.7 Å². The molecule has 3 unspecified atom stereocenters. The summed E-state index contributed by atoms with van der Waals surface area (Å²) in [4.78, 5) is 11.6. The minimum Gasteiger partial charge on any atom is -0.481 e. The Kier molecular flexibility index (Phi) is 3.53. The van der Waals surface area contributed by atoms with Crippen molar-refractivity contribution in [1.29, 1.82) is 0 Å². The van der Waals surface area contributed by atoms with E-state index in [9.17, 15) is 9.90 Å². The molecule has 1 fully saturated rings. The van der Waals surface area contributed by atoms with Crippen LogP contribution in [0.2, 0.25) is 0 Å². The Morgan fingerprint density at radius 1 is 1.40 bits per heavy atom. The Labute approximate surface area is 117 Å². The number of hydrogen-bond acceptors (Lipinski definition) is 4. The number of fused-ring (bicyclic) bond motifs is 1. The van der Waals surface area contributed by atoms with Gasteiger partial charge in [0.05, 0.1) is 5.92 Å². The zero-order valence-corrected chi connectivity index (χ0v) is 11.5. The standard InChI is InChI=1S/C15H19NO4/c1-2-3-11-14(15(17)18)10(7-16-11)9-4-5-12-13(6-9)20-8-19-12/h4-6,10-11,14,16H,2-3,7-8H2,1H3,(H,17,18). The molecule has 0 spiro atoms. The molecule has 0 aromatic heterocycles. The van der Waals surface area contributed by atoms with Crippen LogP contribution in [0, 0.1) is 5.92 Å². The first kappa shape index (κ1) is 13.2. The number of hydrogen-bond donors (Lipinski definition) is 2.